The van der Waals surface area contributed by atoms with Gasteiger partial charge < -0.3 is 15.6 Å². The number of fused-ring (bicyclic) bond motifs is 1. The van der Waals surface area contributed by atoms with Gasteiger partial charge in [-0.15, -0.1) is 11.3 Å². The maximum absolute atomic E-state index is 12.1. The number of amides is 1. The van der Waals surface area contributed by atoms with Crippen molar-refractivity contribution >= 4 is 33.1 Å². The van der Waals surface area contributed by atoms with Crippen molar-refractivity contribution in [2.75, 3.05) is 5.73 Å². The number of nitrogens with two attached hydrogens (primary N) is 1. The van der Waals surface area contributed by atoms with Crippen LogP contribution in [0.5, 0.6) is 0 Å². The third kappa shape index (κ3) is 2.23. The van der Waals surface area contributed by atoms with Crippen molar-refractivity contribution in [1.82, 2.24) is 15.5 Å². The molecule has 0 aliphatic carbocycles. The maximum Gasteiger partial charge on any atom is 0.263 e. The molecule has 102 valence electrons. The molecule has 1 amide bonds. The molecule has 0 aliphatic heterocycles. The highest BCUT2D eigenvalue weighted by Crippen LogP contribution is 2.31. The van der Waals surface area contributed by atoms with Crippen LogP contribution in [0.3, 0.4) is 0 Å². The van der Waals surface area contributed by atoms with E-state index in [1.807, 2.05) is 6.07 Å². The van der Waals surface area contributed by atoms with Crippen LogP contribution < -0.4 is 11.1 Å². The molecule has 0 saturated heterocycles. The lowest BCUT2D eigenvalue weighted by atomic mass is 10.2. The number of anilines is 1. The first-order chi connectivity index (χ1) is 9.65. The van der Waals surface area contributed by atoms with E-state index in [9.17, 15) is 4.79 Å². The molecule has 0 aromatic carbocycles. The molecule has 0 unspecified atom stereocenters. The summed E-state index contributed by atoms with van der Waals surface area (Å²) in [6, 6.07) is 5.42. The molecular formula is C13H12N4O2S. The summed E-state index contributed by atoms with van der Waals surface area (Å²) in [6.45, 7) is 2.10. The van der Waals surface area contributed by atoms with Crippen LogP contribution in [0, 0.1) is 6.92 Å². The first-order valence-electron chi connectivity index (χ1n) is 5.98. The summed E-state index contributed by atoms with van der Waals surface area (Å²) in [5.74, 6) is 0.478. The van der Waals surface area contributed by atoms with Gasteiger partial charge in [-0.1, -0.05) is 5.16 Å². The lowest BCUT2D eigenvalue weighted by Crippen LogP contribution is -2.22. The zero-order chi connectivity index (χ0) is 14.1. The van der Waals surface area contributed by atoms with Crippen LogP contribution in [-0.4, -0.2) is 16.0 Å². The Morgan fingerprint density at radius 1 is 1.55 bits per heavy atom. The zero-order valence-electron chi connectivity index (χ0n) is 10.7. The largest absolute Gasteiger partial charge is 0.397 e. The predicted octanol–water partition coefficient (Wildman–Crippen LogP) is 2.10. The summed E-state index contributed by atoms with van der Waals surface area (Å²) in [6.07, 6.45) is 1.68. The van der Waals surface area contributed by atoms with Gasteiger partial charge in [0, 0.05) is 17.6 Å². The number of thiophene rings is 1. The number of hydrogen-bond acceptors (Lipinski definition) is 6. The second-order valence-electron chi connectivity index (χ2n) is 4.31. The van der Waals surface area contributed by atoms with Crippen LogP contribution in [0.4, 0.5) is 5.69 Å². The van der Waals surface area contributed by atoms with E-state index in [2.05, 4.69) is 15.5 Å². The van der Waals surface area contributed by atoms with Crippen molar-refractivity contribution in [2.24, 2.45) is 0 Å². The Kier molecular flexibility index (Phi) is 3.11. The SMILES string of the molecule is Cc1cc(CNC(=O)c2sc3ncccc3c2N)no1. The van der Waals surface area contributed by atoms with Crippen LogP contribution in [0.25, 0.3) is 10.2 Å². The minimum absolute atomic E-state index is 0.230. The molecule has 3 aromatic heterocycles. The van der Waals surface area contributed by atoms with Gasteiger partial charge in [-0.2, -0.15) is 0 Å². The van der Waals surface area contributed by atoms with E-state index >= 15 is 0 Å². The van der Waals surface area contributed by atoms with Crippen molar-refractivity contribution in [2.45, 2.75) is 13.5 Å². The van der Waals surface area contributed by atoms with Crippen molar-refractivity contribution < 1.29 is 9.32 Å². The minimum Gasteiger partial charge on any atom is -0.397 e. The zero-order valence-corrected chi connectivity index (χ0v) is 11.5. The standard InChI is InChI=1S/C13H12N4O2S/c1-7-5-8(17-19-7)6-16-12(18)11-10(14)9-3-2-4-15-13(9)20-11/h2-5H,6,14H2,1H3,(H,16,18). The second-order valence-corrected chi connectivity index (χ2v) is 5.31. The quantitative estimate of drug-likeness (QED) is 0.769. The molecule has 3 aromatic rings. The monoisotopic (exact) mass is 288 g/mol. The van der Waals surface area contributed by atoms with Gasteiger partial charge in [0.25, 0.3) is 5.91 Å². The summed E-state index contributed by atoms with van der Waals surface area (Å²) < 4.78 is 4.94. The van der Waals surface area contributed by atoms with Gasteiger partial charge in [-0.3, -0.25) is 4.79 Å². The predicted molar refractivity (Wildman–Crippen MR) is 76.4 cm³/mol. The molecule has 3 rings (SSSR count). The fourth-order valence-electron chi connectivity index (χ4n) is 1.87. The summed E-state index contributed by atoms with van der Waals surface area (Å²) in [4.78, 5) is 17.6. The molecule has 3 N–H and O–H groups in total. The lowest BCUT2D eigenvalue weighted by Gasteiger charge is -2.01. The molecule has 3 heterocycles. The lowest BCUT2D eigenvalue weighted by molar-refractivity contribution is 0.0955. The van der Waals surface area contributed by atoms with E-state index in [0.717, 1.165) is 10.2 Å². The van der Waals surface area contributed by atoms with Crippen molar-refractivity contribution in [3.05, 3.63) is 40.7 Å². The Morgan fingerprint density at radius 2 is 2.40 bits per heavy atom. The highest BCUT2D eigenvalue weighted by atomic mass is 32.1. The highest BCUT2D eigenvalue weighted by molar-refractivity contribution is 7.21. The fourth-order valence-corrected chi connectivity index (χ4v) is 2.85. The number of hydrogen-bond donors (Lipinski definition) is 2. The number of aromatic nitrogens is 2. The van der Waals surface area contributed by atoms with Crippen molar-refractivity contribution in [3.63, 3.8) is 0 Å². The Balaban J connectivity index is 1.80. The highest BCUT2D eigenvalue weighted by Gasteiger charge is 2.16. The van der Waals surface area contributed by atoms with Gasteiger partial charge >= 0.3 is 0 Å². The molecule has 0 fully saturated rings. The van der Waals surface area contributed by atoms with Crippen LogP contribution in [0.1, 0.15) is 21.1 Å². The van der Waals surface area contributed by atoms with Crippen molar-refractivity contribution in [3.8, 4) is 0 Å². The van der Waals surface area contributed by atoms with Crippen LogP contribution >= 0.6 is 11.3 Å². The number of nitrogens with one attached hydrogen (secondary N) is 1. The van der Waals surface area contributed by atoms with E-state index in [-0.39, 0.29) is 5.91 Å². The van der Waals surface area contributed by atoms with Gasteiger partial charge in [-0.05, 0) is 19.1 Å². The van der Waals surface area contributed by atoms with Gasteiger partial charge in [0.05, 0.1) is 12.2 Å². The molecule has 0 atom stereocenters. The molecule has 0 bridgehead atoms. The van der Waals surface area contributed by atoms with E-state index in [0.29, 0.717) is 28.6 Å². The van der Waals surface area contributed by atoms with Gasteiger partial charge in [0.15, 0.2) is 0 Å². The number of carbonyl (C=O) groups excluding carboxylic acids is 1. The average molecular weight is 288 g/mol. The van der Waals surface area contributed by atoms with Crippen LogP contribution in [-0.2, 0) is 6.54 Å². The van der Waals surface area contributed by atoms with Gasteiger partial charge in [0.1, 0.15) is 21.2 Å². The fraction of sp³-hybridized carbons (Fsp3) is 0.154. The molecule has 0 radical (unpaired) electrons. The minimum atomic E-state index is -0.230. The maximum atomic E-state index is 12.1. The Labute approximate surface area is 118 Å². The average Bonchev–Trinajstić information content (AvgIpc) is 3.01. The summed E-state index contributed by atoms with van der Waals surface area (Å²) >= 11 is 1.28. The van der Waals surface area contributed by atoms with E-state index in [1.165, 1.54) is 11.3 Å². The Morgan fingerprint density at radius 3 is 3.10 bits per heavy atom. The van der Waals surface area contributed by atoms with E-state index in [1.54, 1.807) is 25.3 Å². The second kappa shape index (κ2) is 4.93. The molecule has 6 nitrogen and oxygen atoms in total. The van der Waals surface area contributed by atoms with Crippen molar-refractivity contribution in [1.29, 1.82) is 0 Å². The molecular weight excluding hydrogens is 276 g/mol. The van der Waals surface area contributed by atoms with Gasteiger partial charge in [0.2, 0.25) is 0 Å². The Hall–Kier alpha value is -2.41. The van der Waals surface area contributed by atoms with E-state index in [4.69, 9.17) is 10.3 Å². The van der Waals surface area contributed by atoms with Crippen LogP contribution in [0.15, 0.2) is 28.9 Å². The van der Waals surface area contributed by atoms with Crippen LogP contribution in [0.2, 0.25) is 0 Å². The summed E-state index contributed by atoms with van der Waals surface area (Å²) in [7, 11) is 0. The summed E-state index contributed by atoms with van der Waals surface area (Å²) in [5.41, 5.74) is 7.13. The van der Waals surface area contributed by atoms with E-state index < -0.39 is 0 Å². The number of rotatable bonds is 3. The topological polar surface area (TPSA) is 94.0 Å². The number of nitrogens with zero attached hydrogens (tertiary/aromatic N) is 2. The number of carbonyl (C=O) groups is 1. The first-order valence-corrected chi connectivity index (χ1v) is 6.80. The first kappa shape index (κ1) is 12.6. The number of aryl methyl sites for hydroxylation is 1. The molecule has 20 heavy (non-hydrogen) atoms. The number of pyridine rings is 1. The third-order valence-electron chi connectivity index (χ3n) is 2.82. The molecule has 0 aliphatic rings. The molecule has 7 heteroatoms. The molecule has 0 saturated carbocycles. The smallest absolute Gasteiger partial charge is 0.263 e. The van der Waals surface area contributed by atoms with Gasteiger partial charge in [-0.25, -0.2) is 4.98 Å². The Bertz CT molecular complexity index is 778. The molecule has 0 spiro atoms. The number of nitrogen functional groups attached to an aromatic ring is 1. The third-order valence-corrected chi connectivity index (χ3v) is 3.95. The summed E-state index contributed by atoms with van der Waals surface area (Å²) in [5, 5.41) is 7.39. The normalized spacial score (nSPS) is 10.8.